The Morgan fingerprint density at radius 2 is 1.96 bits per heavy atom. The van der Waals surface area contributed by atoms with Crippen molar-refractivity contribution in [1.82, 2.24) is 15.5 Å². The molecule has 0 radical (unpaired) electrons. The summed E-state index contributed by atoms with van der Waals surface area (Å²) in [6.45, 7) is 1.97. The third-order valence-electron chi connectivity index (χ3n) is 4.04. The molecular weight excluding hydrogens is 366 g/mol. The molecule has 0 aliphatic carbocycles. The molecule has 1 heterocycles. The maximum Gasteiger partial charge on any atom is 0.247 e. The summed E-state index contributed by atoms with van der Waals surface area (Å²) in [6, 6.07) is 10.9. The molecule has 8 heteroatoms. The van der Waals surface area contributed by atoms with Gasteiger partial charge in [-0.3, -0.25) is 4.79 Å². The largest absolute Gasteiger partial charge is 0.421 e. The van der Waals surface area contributed by atoms with E-state index in [4.69, 9.17) is 4.42 Å². The average molecular weight is 382 g/mol. The van der Waals surface area contributed by atoms with Gasteiger partial charge in [0.1, 0.15) is 17.7 Å². The number of aromatic nitrogens is 2. The summed E-state index contributed by atoms with van der Waals surface area (Å²) < 4.78 is 32.3. The third kappa shape index (κ3) is 4.57. The minimum atomic E-state index is -1.22. The van der Waals surface area contributed by atoms with Crippen LogP contribution in [0.1, 0.15) is 29.5 Å². The zero-order chi connectivity index (χ0) is 20.1. The standard InChI is InChI=1S/C20H16F2N4O2/c1-12-2-4-13(5-3-12)20-26-25-19(28-20)9-8-18(27)24-17(11-23)15-7-6-14(21)10-16(15)22/h2-7,10,17H,8-9H2,1H3,(H,24,27). The summed E-state index contributed by atoms with van der Waals surface area (Å²) >= 11 is 0. The second-order valence-corrected chi connectivity index (χ2v) is 6.16. The number of nitriles is 1. The molecule has 1 amide bonds. The Bertz CT molecular complexity index is 1030. The van der Waals surface area contributed by atoms with Gasteiger partial charge in [0.25, 0.3) is 0 Å². The molecule has 2 aromatic carbocycles. The first-order valence-corrected chi connectivity index (χ1v) is 8.49. The zero-order valence-electron chi connectivity index (χ0n) is 14.9. The highest BCUT2D eigenvalue weighted by molar-refractivity contribution is 5.77. The first kappa shape index (κ1) is 19.2. The number of amides is 1. The van der Waals surface area contributed by atoms with Crippen LogP contribution in [0.25, 0.3) is 11.5 Å². The van der Waals surface area contributed by atoms with Crippen molar-refractivity contribution in [2.45, 2.75) is 25.8 Å². The summed E-state index contributed by atoms with van der Waals surface area (Å²) in [7, 11) is 0. The van der Waals surface area contributed by atoms with Crippen molar-refractivity contribution >= 4 is 5.91 Å². The monoisotopic (exact) mass is 382 g/mol. The maximum absolute atomic E-state index is 13.8. The van der Waals surface area contributed by atoms with E-state index >= 15 is 0 Å². The van der Waals surface area contributed by atoms with E-state index in [1.54, 1.807) is 6.07 Å². The van der Waals surface area contributed by atoms with Crippen LogP contribution in [-0.2, 0) is 11.2 Å². The topological polar surface area (TPSA) is 91.8 Å². The molecule has 0 spiro atoms. The smallest absolute Gasteiger partial charge is 0.247 e. The minimum absolute atomic E-state index is 0.0312. The van der Waals surface area contributed by atoms with Crippen LogP contribution >= 0.6 is 0 Å². The van der Waals surface area contributed by atoms with Gasteiger partial charge in [-0.1, -0.05) is 23.8 Å². The quantitative estimate of drug-likeness (QED) is 0.703. The number of aryl methyl sites for hydroxylation is 2. The number of halogens is 2. The van der Waals surface area contributed by atoms with E-state index in [0.717, 1.165) is 23.3 Å². The van der Waals surface area contributed by atoms with E-state index in [2.05, 4.69) is 15.5 Å². The highest BCUT2D eigenvalue weighted by atomic mass is 19.1. The fourth-order valence-electron chi connectivity index (χ4n) is 2.54. The van der Waals surface area contributed by atoms with Crippen LogP contribution in [0.4, 0.5) is 8.78 Å². The molecule has 142 valence electrons. The molecular formula is C20H16F2N4O2. The first-order chi connectivity index (χ1) is 13.5. The summed E-state index contributed by atoms with van der Waals surface area (Å²) in [5.74, 6) is -1.53. The predicted molar refractivity (Wildman–Crippen MR) is 95.6 cm³/mol. The highest BCUT2D eigenvalue weighted by Gasteiger charge is 2.19. The molecule has 0 bridgehead atoms. The van der Waals surface area contributed by atoms with Gasteiger partial charge in [-0.2, -0.15) is 5.26 Å². The van der Waals surface area contributed by atoms with Gasteiger partial charge in [0.2, 0.25) is 17.7 Å². The summed E-state index contributed by atoms with van der Waals surface area (Å²) in [5, 5.41) is 19.5. The summed E-state index contributed by atoms with van der Waals surface area (Å²) in [6.07, 6.45) is 0.130. The number of rotatable bonds is 6. The van der Waals surface area contributed by atoms with Crippen LogP contribution in [0.3, 0.4) is 0 Å². The van der Waals surface area contributed by atoms with Gasteiger partial charge in [-0.15, -0.1) is 10.2 Å². The van der Waals surface area contributed by atoms with Crippen molar-refractivity contribution in [2.24, 2.45) is 0 Å². The molecule has 0 aliphatic heterocycles. The molecule has 28 heavy (non-hydrogen) atoms. The molecule has 3 rings (SSSR count). The van der Waals surface area contributed by atoms with E-state index in [1.165, 1.54) is 0 Å². The second-order valence-electron chi connectivity index (χ2n) is 6.16. The fraction of sp³-hybridized carbons (Fsp3) is 0.200. The molecule has 1 N–H and O–H groups in total. The number of carbonyl (C=O) groups is 1. The zero-order valence-corrected chi connectivity index (χ0v) is 14.9. The SMILES string of the molecule is Cc1ccc(-c2nnc(CCC(=O)NC(C#N)c3ccc(F)cc3F)o2)cc1. The molecule has 3 aromatic rings. The Kier molecular flexibility index (Phi) is 5.75. The van der Waals surface area contributed by atoms with Gasteiger partial charge in [-0.25, -0.2) is 8.78 Å². The first-order valence-electron chi connectivity index (χ1n) is 8.49. The van der Waals surface area contributed by atoms with E-state index in [0.29, 0.717) is 12.0 Å². The van der Waals surface area contributed by atoms with Crippen molar-refractivity contribution in [3.63, 3.8) is 0 Å². The van der Waals surface area contributed by atoms with E-state index in [9.17, 15) is 18.8 Å². The number of nitrogens with zero attached hydrogens (tertiary/aromatic N) is 3. The average Bonchev–Trinajstić information content (AvgIpc) is 3.14. The Balaban J connectivity index is 1.59. The Hall–Kier alpha value is -3.60. The van der Waals surface area contributed by atoms with Gasteiger partial charge >= 0.3 is 0 Å². The van der Waals surface area contributed by atoms with Gasteiger partial charge in [0, 0.05) is 30.0 Å². The Labute approximate surface area is 159 Å². The van der Waals surface area contributed by atoms with Gasteiger partial charge in [0.05, 0.1) is 6.07 Å². The van der Waals surface area contributed by atoms with Crippen LogP contribution in [0.2, 0.25) is 0 Å². The van der Waals surface area contributed by atoms with E-state index < -0.39 is 23.6 Å². The van der Waals surface area contributed by atoms with Gasteiger partial charge in [-0.05, 0) is 25.1 Å². The lowest BCUT2D eigenvalue weighted by Gasteiger charge is -2.12. The molecule has 1 aromatic heterocycles. The van der Waals surface area contributed by atoms with Crippen LogP contribution in [-0.4, -0.2) is 16.1 Å². The van der Waals surface area contributed by atoms with Crippen molar-refractivity contribution in [3.8, 4) is 17.5 Å². The molecule has 0 fully saturated rings. The number of hydrogen-bond donors (Lipinski definition) is 1. The van der Waals surface area contributed by atoms with E-state index in [-0.39, 0.29) is 24.3 Å². The lowest BCUT2D eigenvalue weighted by atomic mass is 10.1. The summed E-state index contributed by atoms with van der Waals surface area (Å²) in [5.41, 5.74) is 1.77. The number of benzene rings is 2. The summed E-state index contributed by atoms with van der Waals surface area (Å²) in [4.78, 5) is 12.1. The van der Waals surface area contributed by atoms with E-state index in [1.807, 2.05) is 31.2 Å². The lowest BCUT2D eigenvalue weighted by molar-refractivity contribution is -0.121. The molecule has 1 unspecified atom stereocenters. The third-order valence-corrected chi connectivity index (χ3v) is 4.04. The minimum Gasteiger partial charge on any atom is -0.421 e. The van der Waals surface area contributed by atoms with Crippen molar-refractivity contribution in [3.05, 3.63) is 71.1 Å². The van der Waals surface area contributed by atoms with Crippen molar-refractivity contribution in [1.29, 1.82) is 5.26 Å². The Morgan fingerprint density at radius 1 is 1.21 bits per heavy atom. The van der Waals surface area contributed by atoms with Crippen LogP contribution in [0.15, 0.2) is 46.9 Å². The van der Waals surface area contributed by atoms with Crippen molar-refractivity contribution in [2.75, 3.05) is 0 Å². The number of hydrogen-bond acceptors (Lipinski definition) is 5. The predicted octanol–water partition coefficient (Wildman–Crippen LogP) is 3.64. The van der Waals surface area contributed by atoms with Gasteiger partial charge < -0.3 is 9.73 Å². The van der Waals surface area contributed by atoms with Crippen LogP contribution in [0, 0.1) is 29.9 Å². The normalized spacial score (nSPS) is 11.6. The molecule has 0 saturated heterocycles. The number of nitrogens with one attached hydrogen (secondary N) is 1. The number of carbonyl (C=O) groups excluding carboxylic acids is 1. The fourth-order valence-corrected chi connectivity index (χ4v) is 2.54. The van der Waals surface area contributed by atoms with Crippen LogP contribution in [0.5, 0.6) is 0 Å². The maximum atomic E-state index is 13.8. The molecule has 1 atom stereocenters. The van der Waals surface area contributed by atoms with Crippen LogP contribution < -0.4 is 5.32 Å². The molecule has 6 nitrogen and oxygen atoms in total. The Morgan fingerprint density at radius 3 is 2.64 bits per heavy atom. The molecule has 0 saturated carbocycles. The second kappa shape index (κ2) is 8.39. The van der Waals surface area contributed by atoms with Crippen molar-refractivity contribution < 1.29 is 18.0 Å². The molecule has 0 aliphatic rings. The van der Waals surface area contributed by atoms with Gasteiger partial charge in [0.15, 0.2) is 0 Å². The lowest BCUT2D eigenvalue weighted by Crippen LogP contribution is -2.28. The highest BCUT2D eigenvalue weighted by Crippen LogP contribution is 2.20.